The monoisotopic (exact) mass is 147 g/mol. The van der Waals surface area contributed by atoms with Gasteiger partial charge in [-0.25, -0.2) is 4.79 Å². The summed E-state index contributed by atoms with van der Waals surface area (Å²) in [5.74, 6) is 0. The number of hydrogen-bond acceptors (Lipinski definition) is 4. The molecule has 0 atom stereocenters. The standard InChI is InChI=1S/C3H5N3O2S/c1-8-5-2-4-6(9)3(5)7/h2,9H,1H3. The van der Waals surface area contributed by atoms with Gasteiger partial charge in [-0.3, -0.25) is 0 Å². The van der Waals surface area contributed by atoms with Crippen LogP contribution in [0.25, 0.3) is 0 Å². The second-order valence-electron chi connectivity index (χ2n) is 1.31. The molecule has 0 aliphatic rings. The highest BCUT2D eigenvalue weighted by Gasteiger charge is 1.97. The second-order valence-corrected chi connectivity index (χ2v) is 1.69. The Morgan fingerprint density at radius 1 is 1.89 bits per heavy atom. The van der Waals surface area contributed by atoms with Gasteiger partial charge in [0.2, 0.25) is 0 Å². The summed E-state index contributed by atoms with van der Waals surface area (Å²) >= 11 is 3.66. The van der Waals surface area contributed by atoms with E-state index in [1.165, 1.54) is 13.4 Å². The zero-order valence-corrected chi connectivity index (χ0v) is 5.58. The van der Waals surface area contributed by atoms with E-state index in [-0.39, 0.29) is 0 Å². The molecule has 6 heteroatoms. The molecule has 0 aromatic carbocycles. The van der Waals surface area contributed by atoms with Crippen molar-refractivity contribution in [2.24, 2.45) is 0 Å². The molecule has 5 nitrogen and oxygen atoms in total. The predicted octanol–water partition coefficient (Wildman–Crippen LogP) is -1.20. The number of hydrogen-bond donors (Lipinski definition) is 1. The van der Waals surface area contributed by atoms with Gasteiger partial charge in [-0.1, -0.05) is 0 Å². The van der Waals surface area contributed by atoms with Gasteiger partial charge in [0, 0.05) is 0 Å². The van der Waals surface area contributed by atoms with Crippen LogP contribution in [-0.2, 0) is 0 Å². The first kappa shape index (κ1) is 6.21. The smallest absolute Gasteiger partial charge is 0.389 e. The van der Waals surface area contributed by atoms with Crippen LogP contribution in [0.4, 0.5) is 0 Å². The molecule has 0 fully saturated rings. The molecule has 0 aliphatic carbocycles. The normalized spacial score (nSPS) is 9.56. The third kappa shape index (κ3) is 0.925. The Labute approximate surface area is 56.4 Å². The van der Waals surface area contributed by atoms with E-state index in [1.807, 2.05) is 0 Å². The molecular weight excluding hydrogens is 142 g/mol. The SMILES string of the molecule is COn1cnn(S)c1=O. The van der Waals surface area contributed by atoms with Crippen molar-refractivity contribution in [2.45, 2.75) is 0 Å². The van der Waals surface area contributed by atoms with Crippen molar-refractivity contribution >= 4 is 12.8 Å². The van der Waals surface area contributed by atoms with Crippen LogP contribution in [0.15, 0.2) is 11.1 Å². The van der Waals surface area contributed by atoms with Gasteiger partial charge in [-0.05, 0) is 12.8 Å². The maximum Gasteiger partial charge on any atom is 0.389 e. The van der Waals surface area contributed by atoms with E-state index in [2.05, 4.69) is 22.8 Å². The molecule has 0 N–H and O–H groups in total. The molecule has 1 aromatic rings. The van der Waals surface area contributed by atoms with E-state index in [1.54, 1.807) is 0 Å². The van der Waals surface area contributed by atoms with E-state index >= 15 is 0 Å². The molecule has 1 heterocycles. The molecule has 1 aromatic heterocycles. The molecule has 0 saturated heterocycles. The van der Waals surface area contributed by atoms with Crippen LogP contribution in [0.2, 0.25) is 0 Å². The number of nitrogens with zero attached hydrogens (tertiary/aromatic N) is 3. The van der Waals surface area contributed by atoms with Crippen LogP contribution in [0, 0.1) is 0 Å². The number of thiol groups is 1. The van der Waals surface area contributed by atoms with Crippen molar-refractivity contribution in [2.75, 3.05) is 7.11 Å². The molecular formula is C3H5N3O2S. The fraction of sp³-hybridized carbons (Fsp3) is 0.333. The lowest BCUT2D eigenvalue weighted by atomic mass is 11.2. The van der Waals surface area contributed by atoms with E-state index in [0.717, 1.165) is 8.82 Å². The van der Waals surface area contributed by atoms with Crippen molar-refractivity contribution in [3.05, 3.63) is 16.8 Å². The summed E-state index contributed by atoms with van der Waals surface area (Å²) in [7, 11) is 1.37. The van der Waals surface area contributed by atoms with Gasteiger partial charge in [0.05, 0.1) is 0 Å². The van der Waals surface area contributed by atoms with Gasteiger partial charge < -0.3 is 4.84 Å². The third-order valence-electron chi connectivity index (χ3n) is 0.822. The quantitative estimate of drug-likeness (QED) is 0.507. The molecule has 0 bridgehead atoms. The summed E-state index contributed by atoms with van der Waals surface area (Å²) in [6.07, 6.45) is 1.23. The molecule has 0 aliphatic heterocycles. The van der Waals surface area contributed by atoms with Gasteiger partial charge in [-0.15, -0.1) is 9.83 Å². The van der Waals surface area contributed by atoms with Gasteiger partial charge in [0.25, 0.3) is 0 Å². The largest absolute Gasteiger partial charge is 0.411 e. The van der Waals surface area contributed by atoms with Crippen molar-refractivity contribution in [3.63, 3.8) is 0 Å². The molecule has 0 radical (unpaired) electrons. The first-order valence-electron chi connectivity index (χ1n) is 2.16. The summed E-state index contributed by atoms with van der Waals surface area (Å²) in [4.78, 5) is 15.2. The molecule has 0 unspecified atom stereocenters. The third-order valence-corrected chi connectivity index (χ3v) is 1.10. The zero-order valence-electron chi connectivity index (χ0n) is 4.68. The van der Waals surface area contributed by atoms with Gasteiger partial charge >= 0.3 is 5.69 Å². The Kier molecular flexibility index (Phi) is 1.48. The summed E-state index contributed by atoms with van der Waals surface area (Å²) in [5, 5.41) is 3.49. The maximum absolute atomic E-state index is 10.7. The summed E-state index contributed by atoms with van der Waals surface area (Å²) in [5.41, 5.74) is -0.416. The Morgan fingerprint density at radius 3 is 2.78 bits per heavy atom. The van der Waals surface area contributed by atoms with Crippen LogP contribution in [0.3, 0.4) is 0 Å². The maximum atomic E-state index is 10.7. The van der Waals surface area contributed by atoms with Gasteiger partial charge in [-0.2, -0.15) is 4.09 Å². The second kappa shape index (κ2) is 2.14. The van der Waals surface area contributed by atoms with Crippen LogP contribution in [0.1, 0.15) is 0 Å². The topological polar surface area (TPSA) is 49.0 Å². The first-order valence-corrected chi connectivity index (χ1v) is 2.56. The summed E-state index contributed by atoms with van der Waals surface area (Å²) in [6, 6.07) is 0. The molecule has 50 valence electrons. The summed E-state index contributed by atoms with van der Waals surface area (Å²) < 4.78 is 1.84. The Bertz CT molecular complexity index is 252. The lowest BCUT2D eigenvalue weighted by Crippen LogP contribution is -2.23. The van der Waals surface area contributed by atoms with E-state index in [0.29, 0.717) is 0 Å². The molecule has 0 spiro atoms. The Balaban J connectivity index is 3.20. The minimum Gasteiger partial charge on any atom is -0.411 e. The lowest BCUT2D eigenvalue weighted by molar-refractivity contribution is 0.157. The number of aromatic nitrogens is 3. The van der Waals surface area contributed by atoms with E-state index in [9.17, 15) is 4.79 Å². The minimum absolute atomic E-state index is 0.416. The molecule has 9 heavy (non-hydrogen) atoms. The highest BCUT2D eigenvalue weighted by molar-refractivity contribution is 7.78. The molecule has 1 rings (SSSR count). The van der Waals surface area contributed by atoms with Crippen molar-refractivity contribution in [1.29, 1.82) is 0 Å². The van der Waals surface area contributed by atoms with E-state index < -0.39 is 5.69 Å². The zero-order chi connectivity index (χ0) is 6.85. The van der Waals surface area contributed by atoms with Crippen LogP contribution in [0.5, 0.6) is 0 Å². The van der Waals surface area contributed by atoms with Crippen LogP contribution >= 0.6 is 12.8 Å². The van der Waals surface area contributed by atoms with Crippen LogP contribution < -0.4 is 10.5 Å². The predicted molar refractivity (Wildman–Crippen MR) is 33.4 cm³/mol. The minimum atomic E-state index is -0.416. The van der Waals surface area contributed by atoms with Gasteiger partial charge in [0.15, 0.2) is 6.33 Å². The lowest BCUT2D eigenvalue weighted by Gasteiger charge is -1.90. The summed E-state index contributed by atoms with van der Waals surface area (Å²) in [6.45, 7) is 0. The van der Waals surface area contributed by atoms with Crippen molar-refractivity contribution in [3.8, 4) is 0 Å². The average Bonchev–Trinajstić information content (AvgIpc) is 2.15. The number of rotatable bonds is 1. The fourth-order valence-corrected chi connectivity index (χ4v) is 0.542. The van der Waals surface area contributed by atoms with Gasteiger partial charge in [0.1, 0.15) is 7.11 Å². The fourth-order valence-electron chi connectivity index (χ4n) is 0.408. The first-order chi connectivity index (χ1) is 4.25. The van der Waals surface area contributed by atoms with Crippen molar-refractivity contribution < 1.29 is 4.84 Å². The Hall–Kier alpha value is -0.910. The molecule has 0 amide bonds. The molecule has 0 saturated carbocycles. The highest BCUT2D eigenvalue weighted by atomic mass is 32.1. The Morgan fingerprint density at radius 2 is 2.56 bits per heavy atom. The highest BCUT2D eigenvalue weighted by Crippen LogP contribution is 1.74. The van der Waals surface area contributed by atoms with E-state index in [4.69, 9.17) is 0 Å². The average molecular weight is 147 g/mol. The van der Waals surface area contributed by atoms with Crippen molar-refractivity contribution in [1.82, 2.24) is 13.9 Å². The van der Waals surface area contributed by atoms with Crippen LogP contribution in [-0.4, -0.2) is 21.0 Å².